The zero-order chi connectivity index (χ0) is 11.5. The van der Waals surface area contributed by atoms with Crippen LogP contribution in [0.2, 0.25) is 0 Å². The molecule has 0 saturated carbocycles. The van der Waals surface area contributed by atoms with E-state index in [-0.39, 0.29) is 12.5 Å². The zero-order valence-electron chi connectivity index (χ0n) is 8.33. The Kier molecular flexibility index (Phi) is 2.50. The quantitative estimate of drug-likeness (QED) is 0.692. The summed E-state index contributed by atoms with van der Waals surface area (Å²) in [6.45, 7) is 3.58. The second kappa shape index (κ2) is 3.97. The lowest BCUT2D eigenvalue weighted by molar-refractivity contribution is 0.650. The fourth-order valence-corrected chi connectivity index (χ4v) is 1.22. The number of aromatic amines is 1. The van der Waals surface area contributed by atoms with Crippen molar-refractivity contribution in [3.05, 3.63) is 52.1 Å². The molecule has 7 heteroatoms. The molecule has 2 aromatic heterocycles. The Morgan fingerprint density at radius 2 is 2.31 bits per heavy atom. The summed E-state index contributed by atoms with van der Waals surface area (Å²) in [6, 6.07) is 1.66. The van der Waals surface area contributed by atoms with Crippen LogP contribution in [0.4, 0.5) is 0 Å². The van der Waals surface area contributed by atoms with E-state index in [1.54, 1.807) is 12.3 Å². The van der Waals surface area contributed by atoms with Crippen LogP contribution < -0.4 is 11.4 Å². The van der Waals surface area contributed by atoms with Gasteiger partial charge in [0.25, 0.3) is 0 Å². The molecular formula is C9H9N5O2. The van der Waals surface area contributed by atoms with Gasteiger partial charge in [0.1, 0.15) is 0 Å². The van der Waals surface area contributed by atoms with Gasteiger partial charge in [-0.1, -0.05) is 6.08 Å². The Labute approximate surface area is 89.7 Å². The molecule has 16 heavy (non-hydrogen) atoms. The van der Waals surface area contributed by atoms with Gasteiger partial charge in [-0.15, -0.1) is 6.58 Å². The van der Waals surface area contributed by atoms with Crippen molar-refractivity contribution in [2.75, 3.05) is 0 Å². The van der Waals surface area contributed by atoms with E-state index in [1.807, 2.05) is 0 Å². The third kappa shape index (κ3) is 1.70. The molecule has 0 radical (unpaired) electrons. The number of allylic oxidation sites excluding steroid dienone is 1. The van der Waals surface area contributed by atoms with E-state index < -0.39 is 11.4 Å². The Morgan fingerprint density at radius 1 is 1.50 bits per heavy atom. The number of hydrogen-bond donors (Lipinski definition) is 1. The predicted octanol–water partition coefficient (Wildman–Crippen LogP) is -0.697. The van der Waals surface area contributed by atoms with Crippen molar-refractivity contribution in [1.29, 1.82) is 0 Å². The second-order valence-corrected chi connectivity index (χ2v) is 3.00. The molecule has 0 fully saturated rings. The Balaban J connectivity index is 2.58. The topological polar surface area (TPSA) is 85.6 Å². The number of hydrogen-bond acceptors (Lipinski definition) is 4. The molecule has 0 aliphatic heterocycles. The largest absolute Gasteiger partial charge is 0.355 e. The van der Waals surface area contributed by atoms with Gasteiger partial charge in [-0.05, 0) is 6.07 Å². The molecule has 2 aromatic rings. The monoisotopic (exact) mass is 219 g/mol. The standard InChI is InChI=1S/C9H9N5O2/c1-2-5-13-8(15)11-7(12-9(13)16)14-6-3-4-10-14/h2-4,6H,1,5H2,(H,11,12,15,16). The van der Waals surface area contributed by atoms with E-state index in [0.29, 0.717) is 0 Å². The Bertz CT molecular complexity index is 576. The molecule has 0 atom stereocenters. The van der Waals surface area contributed by atoms with E-state index >= 15 is 0 Å². The van der Waals surface area contributed by atoms with Gasteiger partial charge in [0.15, 0.2) is 0 Å². The van der Waals surface area contributed by atoms with Crippen LogP contribution in [0.1, 0.15) is 0 Å². The highest BCUT2D eigenvalue weighted by Crippen LogP contribution is 1.91. The maximum atomic E-state index is 11.5. The van der Waals surface area contributed by atoms with Gasteiger partial charge in [0.05, 0.1) is 6.54 Å². The normalized spacial score (nSPS) is 10.2. The molecule has 0 aliphatic rings. The van der Waals surface area contributed by atoms with Crippen molar-refractivity contribution < 1.29 is 0 Å². The highest BCUT2D eigenvalue weighted by atomic mass is 16.2. The molecule has 0 aromatic carbocycles. The maximum absolute atomic E-state index is 11.5. The van der Waals surface area contributed by atoms with Gasteiger partial charge in [0.2, 0.25) is 5.95 Å². The number of rotatable bonds is 3. The van der Waals surface area contributed by atoms with Crippen molar-refractivity contribution in [1.82, 2.24) is 24.3 Å². The third-order valence-electron chi connectivity index (χ3n) is 1.93. The smallest absolute Gasteiger partial charge is 0.275 e. The van der Waals surface area contributed by atoms with E-state index in [9.17, 15) is 9.59 Å². The SMILES string of the molecule is C=CCn1c(=O)nc(-n2cccn2)[nH]c1=O. The van der Waals surface area contributed by atoms with E-state index in [4.69, 9.17) is 0 Å². The van der Waals surface area contributed by atoms with Gasteiger partial charge in [-0.3, -0.25) is 4.98 Å². The molecule has 2 rings (SSSR count). The van der Waals surface area contributed by atoms with Crippen molar-refractivity contribution >= 4 is 0 Å². The van der Waals surface area contributed by atoms with Crippen LogP contribution in [0.5, 0.6) is 0 Å². The molecule has 0 saturated heterocycles. The highest BCUT2D eigenvalue weighted by molar-refractivity contribution is 5.05. The molecular weight excluding hydrogens is 210 g/mol. The summed E-state index contributed by atoms with van der Waals surface area (Å²) in [5, 5.41) is 3.86. The molecule has 0 aliphatic carbocycles. The first kappa shape index (κ1) is 10.1. The minimum atomic E-state index is -0.630. The van der Waals surface area contributed by atoms with Crippen molar-refractivity contribution in [3.63, 3.8) is 0 Å². The first-order chi connectivity index (χ1) is 7.72. The van der Waals surface area contributed by atoms with E-state index in [0.717, 1.165) is 4.57 Å². The number of nitrogens with zero attached hydrogens (tertiary/aromatic N) is 4. The second-order valence-electron chi connectivity index (χ2n) is 3.00. The molecule has 1 N–H and O–H groups in total. The van der Waals surface area contributed by atoms with E-state index in [2.05, 4.69) is 21.6 Å². The summed E-state index contributed by atoms with van der Waals surface area (Å²) in [5.41, 5.74) is -1.17. The first-order valence-corrected chi connectivity index (χ1v) is 4.54. The summed E-state index contributed by atoms with van der Waals surface area (Å²) in [5.74, 6) is 0.0975. The van der Waals surface area contributed by atoms with Gasteiger partial charge >= 0.3 is 11.4 Å². The maximum Gasteiger partial charge on any atom is 0.355 e. The summed E-state index contributed by atoms with van der Waals surface area (Å²) in [6.07, 6.45) is 4.55. The summed E-state index contributed by atoms with van der Waals surface area (Å²) >= 11 is 0. The number of nitrogens with one attached hydrogen (secondary N) is 1. The average molecular weight is 219 g/mol. The molecule has 0 bridgehead atoms. The van der Waals surface area contributed by atoms with Crippen molar-refractivity contribution in [2.24, 2.45) is 0 Å². The molecule has 0 unspecified atom stereocenters. The van der Waals surface area contributed by atoms with E-state index in [1.165, 1.54) is 17.0 Å². The zero-order valence-corrected chi connectivity index (χ0v) is 8.33. The number of aromatic nitrogens is 5. The summed E-state index contributed by atoms with van der Waals surface area (Å²) < 4.78 is 2.25. The first-order valence-electron chi connectivity index (χ1n) is 4.54. The van der Waals surface area contributed by atoms with Crippen LogP contribution in [-0.2, 0) is 6.54 Å². The molecule has 82 valence electrons. The minimum absolute atomic E-state index is 0.0975. The van der Waals surface area contributed by atoms with Crippen LogP contribution in [0.15, 0.2) is 40.7 Å². The van der Waals surface area contributed by atoms with Crippen LogP contribution in [0.3, 0.4) is 0 Å². The van der Waals surface area contributed by atoms with Crippen molar-refractivity contribution in [3.8, 4) is 5.95 Å². The van der Waals surface area contributed by atoms with Gasteiger partial charge in [-0.25, -0.2) is 18.8 Å². The fraction of sp³-hybridized carbons (Fsp3) is 0.111. The van der Waals surface area contributed by atoms with Crippen LogP contribution in [-0.4, -0.2) is 24.3 Å². The van der Waals surface area contributed by atoms with Crippen LogP contribution in [0, 0.1) is 0 Å². The van der Waals surface area contributed by atoms with Gasteiger partial charge in [-0.2, -0.15) is 10.1 Å². The lowest BCUT2D eigenvalue weighted by Gasteiger charge is -2.02. The summed E-state index contributed by atoms with van der Waals surface area (Å²) in [4.78, 5) is 29.2. The number of H-pyrrole nitrogens is 1. The third-order valence-corrected chi connectivity index (χ3v) is 1.93. The Hall–Kier alpha value is -2.44. The fourth-order valence-electron chi connectivity index (χ4n) is 1.22. The van der Waals surface area contributed by atoms with Gasteiger partial charge < -0.3 is 0 Å². The van der Waals surface area contributed by atoms with Crippen LogP contribution in [0.25, 0.3) is 5.95 Å². The summed E-state index contributed by atoms with van der Waals surface area (Å²) in [7, 11) is 0. The lowest BCUT2D eigenvalue weighted by Crippen LogP contribution is -2.38. The Morgan fingerprint density at radius 3 is 2.88 bits per heavy atom. The predicted molar refractivity (Wildman–Crippen MR) is 56.4 cm³/mol. The van der Waals surface area contributed by atoms with Crippen LogP contribution >= 0.6 is 0 Å². The average Bonchev–Trinajstić information content (AvgIpc) is 2.76. The molecule has 7 nitrogen and oxygen atoms in total. The van der Waals surface area contributed by atoms with Crippen molar-refractivity contribution in [2.45, 2.75) is 6.54 Å². The molecule has 2 heterocycles. The molecule has 0 spiro atoms. The minimum Gasteiger partial charge on any atom is -0.275 e. The molecule has 0 amide bonds. The lowest BCUT2D eigenvalue weighted by atomic mass is 10.6. The van der Waals surface area contributed by atoms with Gasteiger partial charge in [0, 0.05) is 12.4 Å². The highest BCUT2D eigenvalue weighted by Gasteiger charge is 2.05.